The first kappa shape index (κ1) is 7.63. The van der Waals surface area contributed by atoms with Gasteiger partial charge in [0.05, 0.1) is 11.7 Å². The summed E-state index contributed by atoms with van der Waals surface area (Å²) in [5, 5.41) is 8.83. The second-order valence-corrected chi connectivity index (χ2v) is 2.09. The summed E-state index contributed by atoms with van der Waals surface area (Å²) < 4.78 is 0. The van der Waals surface area contributed by atoms with E-state index >= 15 is 0 Å². The van der Waals surface area contributed by atoms with Crippen LogP contribution >= 0.6 is 0 Å². The lowest BCUT2D eigenvalue weighted by Gasteiger charge is -1.90. The van der Waals surface area contributed by atoms with Crippen molar-refractivity contribution in [2.24, 2.45) is 0 Å². The molecule has 0 radical (unpaired) electrons. The highest BCUT2D eigenvalue weighted by atomic mass is 15.1. The van der Waals surface area contributed by atoms with Gasteiger partial charge in [0, 0.05) is 5.39 Å². The molecule has 3 heteroatoms. The van der Waals surface area contributed by atoms with Crippen molar-refractivity contribution in [3.63, 3.8) is 0 Å². The van der Waals surface area contributed by atoms with Crippen molar-refractivity contribution in [2.45, 2.75) is 0 Å². The Hall–Kier alpha value is -1.48. The summed E-state index contributed by atoms with van der Waals surface area (Å²) in [5.74, 6) is 0. The van der Waals surface area contributed by atoms with E-state index in [0.29, 0.717) is 0 Å². The lowest BCUT2D eigenvalue weighted by Crippen LogP contribution is -1.79. The van der Waals surface area contributed by atoms with Crippen molar-refractivity contribution in [1.82, 2.24) is 16.3 Å². The Morgan fingerprint density at radius 3 is 2.64 bits per heavy atom. The summed E-state index contributed by atoms with van der Waals surface area (Å²) in [6.07, 6.45) is 1.70. The third-order valence-electron chi connectivity index (χ3n) is 1.42. The van der Waals surface area contributed by atoms with Crippen LogP contribution in [0.25, 0.3) is 10.9 Å². The van der Waals surface area contributed by atoms with Crippen molar-refractivity contribution in [2.75, 3.05) is 0 Å². The van der Waals surface area contributed by atoms with E-state index in [1.54, 1.807) is 6.20 Å². The van der Waals surface area contributed by atoms with Gasteiger partial charge in [-0.1, -0.05) is 18.2 Å². The van der Waals surface area contributed by atoms with Crippen LogP contribution in [0.5, 0.6) is 0 Å². The topological polar surface area (TPSA) is 60.8 Å². The molecule has 1 heterocycles. The summed E-state index contributed by atoms with van der Waals surface area (Å²) in [6, 6.07) is 9.86. The number of hydrogen-bond donors (Lipinski definition) is 1. The Morgan fingerprint density at radius 1 is 1.00 bits per heavy atom. The average molecular weight is 147 g/mol. The molecule has 0 fully saturated rings. The molecule has 11 heavy (non-hydrogen) atoms. The molecule has 0 aliphatic heterocycles. The molecule has 0 amide bonds. The van der Waals surface area contributed by atoms with Crippen LogP contribution in [0, 0.1) is 0 Å². The molecule has 2 aromatic rings. The molecule has 0 aliphatic rings. The van der Waals surface area contributed by atoms with Gasteiger partial charge in [-0.25, -0.2) is 0 Å². The van der Waals surface area contributed by atoms with E-state index in [0.717, 1.165) is 10.9 Å². The molecule has 3 N–H and O–H groups in total. The largest absolute Gasteiger partial charge is 0.344 e. The van der Waals surface area contributed by atoms with Crippen molar-refractivity contribution < 1.29 is 0 Å². The molecule has 0 saturated heterocycles. The predicted octanol–water partition coefficient (Wildman–Crippen LogP) is 1.79. The summed E-state index contributed by atoms with van der Waals surface area (Å²) in [7, 11) is 0. The van der Waals surface area contributed by atoms with Gasteiger partial charge >= 0.3 is 0 Å². The van der Waals surface area contributed by atoms with Crippen molar-refractivity contribution in [3.05, 3.63) is 36.5 Å². The third kappa shape index (κ3) is 1.33. The maximum Gasteiger partial charge on any atom is 0.0929 e. The number of benzene rings is 1. The smallest absolute Gasteiger partial charge is 0.0929 e. The first-order chi connectivity index (χ1) is 4.97. The van der Waals surface area contributed by atoms with Crippen molar-refractivity contribution in [1.29, 1.82) is 0 Å². The van der Waals surface area contributed by atoms with Gasteiger partial charge in [-0.15, -0.1) is 0 Å². The molecule has 1 aromatic heterocycles. The van der Waals surface area contributed by atoms with Gasteiger partial charge in [0.15, 0.2) is 0 Å². The quantitative estimate of drug-likeness (QED) is 0.618. The average Bonchev–Trinajstić information content (AvgIpc) is 2.05. The van der Waals surface area contributed by atoms with E-state index in [4.69, 9.17) is 0 Å². The normalized spacial score (nSPS) is 9.09. The minimum Gasteiger partial charge on any atom is -0.344 e. The van der Waals surface area contributed by atoms with Gasteiger partial charge in [0.1, 0.15) is 0 Å². The van der Waals surface area contributed by atoms with Crippen LogP contribution in [0.2, 0.25) is 0 Å². The van der Waals surface area contributed by atoms with Crippen molar-refractivity contribution in [3.8, 4) is 0 Å². The van der Waals surface area contributed by atoms with Gasteiger partial charge in [-0.05, 0) is 12.1 Å². The first-order valence-corrected chi connectivity index (χ1v) is 3.13. The van der Waals surface area contributed by atoms with E-state index in [1.807, 2.05) is 30.3 Å². The molecule has 0 saturated carbocycles. The second kappa shape index (κ2) is 3.07. The lowest BCUT2D eigenvalue weighted by atomic mass is 10.2. The van der Waals surface area contributed by atoms with Crippen LogP contribution in [0.4, 0.5) is 0 Å². The SMILES string of the molecule is N.c1ccc2nnccc2c1. The zero-order chi connectivity index (χ0) is 6.81. The van der Waals surface area contributed by atoms with Crippen molar-refractivity contribution >= 4 is 10.9 Å². The van der Waals surface area contributed by atoms with Crippen LogP contribution < -0.4 is 6.15 Å². The van der Waals surface area contributed by atoms with E-state index in [1.165, 1.54) is 0 Å². The third-order valence-corrected chi connectivity index (χ3v) is 1.42. The molecule has 0 aliphatic carbocycles. The zero-order valence-electron chi connectivity index (χ0n) is 6.07. The summed E-state index contributed by atoms with van der Waals surface area (Å²) >= 11 is 0. The van der Waals surface area contributed by atoms with Crippen LogP contribution in [-0.2, 0) is 0 Å². The minimum absolute atomic E-state index is 0. The Morgan fingerprint density at radius 2 is 1.82 bits per heavy atom. The Bertz CT molecular complexity index is 280. The maximum atomic E-state index is 3.93. The molecular formula is C8H9N3. The summed E-state index contributed by atoms with van der Waals surface area (Å²) in [4.78, 5) is 0. The lowest BCUT2D eigenvalue weighted by molar-refractivity contribution is 1.08. The van der Waals surface area contributed by atoms with E-state index in [9.17, 15) is 0 Å². The fourth-order valence-corrected chi connectivity index (χ4v) is 0.929. The molecule has 3 nitrogen and oxygen atoms in total. The molecule has 0 spiro atoms. The Balaban J connectivity index is 0.000000605. The van der Waals surface area contributed by atoms with Gasteiger partial charge < -0.3 is 6.15 Å². The molecular weight excluding hydrogens is 138 g/mol. The Kier molecular flexibility index (Phi) is 2.13. The van der Waals surface area contributed by atoms with E-state index in [2.05, 4.69) is 10.2 Å². The van der Waals surface area contributed by atoms with Gasteiger partial charge in [-0.2, -0.15) is 10.2 Å². The highest BCUT2D eigenvalue weighted by Gasteiger charge is 1.87. The van der Waals surface area contributed by atoms with Gasteiger partial charge in [0.2, 0.25) is 0 Å². The first-order valence-electron chi connectivity index (χ1n) is 3.13. The zero-order valence-corrected chi connectivity index (χ0v) is 6.07. The minimum atomic E-state index is 0. The highest BCUT2D eigenvalue weighted by Crippen LogP contribution is 2.06. The van der Waals surface area contributed by atoms with Crippen LogP contribution in [-0.4, -0.2) is 10.2 Å². The van der Waals surface area contributed by atoms with Crippen LogP contribution in [0.3, 0.4) is 0 Å². The molecule has 2 rings (SSSR count). The number of hydrogen-bond acceptors (Lipinski definition) is 3. The van der Waals surface area contributed by atoms with E-state index < -0.39 is 0 Å². The maximum absolute atomic E-state index is 3.93. The van der Waals surface area contributed by atoms with E-state index in [-0.39, 0.29) is 6.15 Å². The standard InChI is InChI=1S/C8H6N2.H3N/c1-2-4-8-7(3-1)5-6-9-10-8;/h1-6H;1H3. The predicted molar refractivity (Wildman–Crippen MR) is 44.6 cm³/mol. The van der Waals surface area contributed by atoms with Gasteiger partial charge in [0.25, 0.3) is 0 Å². The van der Waals surface area contributed by atoms with Crippen LogP contribution in [0.15, 0.2) is 36.5 Å². The number of aromatic nitrogens is 2. The molecule has 0 atom stereocenters. The molecule has 1 aromatic carbocycles. The number of nitrogens with zero attached hydrogens (tertiary/aromatic N) is 2. The second-order valence-electron chi connectivity index (χ2n) is 2.09. The summed E-state index contributed by atoms with van der Waals surface area (Å²) in [5.41, 5.74) is 0.949. The molecule has 0 bridgehead atoms. The number of rotatable bonds is 0. The highest BCUT2D eigenvalue weighted by molar-refractivity contribution is 5.77. The molecule has 56 valence electrons. The fourth-order valence-electron chi connectivity index (χ4n) is 0.929. The van der Waals surface area contributed by atoms with Gasteiger partial charge in [-0.3, -0.25) is 0 Å². The molecule has 0 unspecified atom stereocenters. The fraction of sp³-hybridized carbons (Fsp3) is 0. The monoisotopic (exact) mass is 147 g/mol. The Labute approximate surface area is 64.7 Å². The van der Waals surface area contributed by atoms with Crippen LogP contribution in [0.1, 0.15) is 0 Å². The summed E-state index contributed by atoms with van der Waals surface area (Å²) in [6.45, 7) is 0. The number of fused-ring (bicyclic) bond motifs is 1.